The molecule has 0 spiro atoms. The summed E-state index contributed by atoms with van der Waals surface area (Å²) >= 11 is 0. The van der Waals surface area contributed by atoms with Crippen LogP contribution in [0.2, 0.25) is 0 Å². The van der Waals surface area contributed by atoms with E-state index in [1.807, 2.05) is 48.5 Å². The molecular formula is C26H30N2O4S. The number of rotatable bonds is 10. The van der Waals surface area contributed by atoms with E-state index >= 15 is 0 Å². The van der Waals surface area contributed by atoms with Crippen molar-refractivity contribution >= 4 is 21.6 Å². The van der Waals surface area contributed by atoms with Crippen LogP contribution >= 0.6 is 0 Å². The van der Waals surface area contributed by atoms with Crippen LogP contribution in [-0.2, 0) is 34.2 Å². The minimum absolute atomic E-state index is 0.150. The van der Waals surface area contributed by atoms with Crippen molar-refractivity contribution in [1.82, 2.24) is 4.72 Å². The number of para-hydroxylation sites is 1. The van der Waals surface area contributed by atoms with Gasteiger partial charge in [-0.25, -0.2) is 13.1 Å². The standard InChI is InChI=1S/C26H30N2O4S/c1-4-21-12-9-13-22(5-2)26(21)28-25(29)18-32-24-15-14-23(16-19(24)3)33(30,31)27-17-20-10-7-6-8-11-20/h6-16,27H,4-5,17-18H2,1-3H3,(H,28,29). The average molecular weight is 467 g/mol. The highest BCUT2D eigenvalue weighted by molar-refractivity contribution is 7.89. The van der Waals surface area contributed by atoms with Crippen molar-refractivity contribution in [1.29, 1.82) is 0 Å². The van der Waals surface area contributed by atoms with Gasteiger partial charge in [-0.05, 0) is 60.2 Å². The highest BCUT2D eigenvalue weighted by Gasteiger charge is 2.16. The Morgan fingerprint density at radius 1 is 0.909 bits per heavy atom. The first-order chi connectivity index (χ1) is 15.8. The van der Waals surface area contributed by atoms with Crippen LogP contribution < -0.4 is 14.8 Å². The monoisotopic (exact) mass is 466 g/mol. The van der Waals surface area contributed by atoms with Gasteiger partial charge in [-0.1, -0.05) is 62.4 Å². The maximum atomic E-state index is 12.6. The van der Waals surface area contributed by atoms with Crippen LogP contribution in [0.5, 0.6) is 5.75 Å². The number of sulfonamides is 1. The molecule has 3 rings (SSSR count). The van der Waals surface area contributed by atoms with Crippen LogP contribution in [0, 0.1) is 6.92 Å². The Hall–Kier alpha value is -3.16. The molecule has 0 radical (unpaired) electrons. The zero-order valence-electron chi connectivity index (χ0n) is 19.2. The summed E-state index contributed by atoms with van der Waals surface area (Å²) < 4.78 is 33.6. The second kappa shape index (κ2) is 11.1. The third-order valence-electron chi connectivity index (χ3n) is 5.39. The molecule has 0 unspecified atom stereocenters. The molecular weight excluding hydrogens is 436 g/mol. The van der Waals surface area contributed by atoms with E-state index in [2.05, 4.69) is 23.9 Å². The first-order valence-corrected chi connectivity index (χ1v) is 12.5. The Kier molecular flexibility index (Phi) is 8.25. The van der Waals surface area contributed by atoms with E-state index in [1.165, 1.54) is 6.07 Å². The summed E-state index contributed by atoms with van der Waals surface area (Å²) in [7, 11) is -3.67. The van der Waals surface area contributed by atoms with Crippen LogP contribution in [0.25, 0.3) is 0 Å². The Morgan fingerprint density at radius 3 is 2.18 bits per heavy atom. The van der Waals surface area contributed by atoms with E-state index in [1.54, 1.807) is 19.1 Å². The van der Waals surface area contributed by atoms with Gasteiger partial charge >= 0.3 is 0 Å². The van der Waals surface area contributed by atoms with Crippen molar-refractivity contribution in [3.05, 3.63) is 89.0 Å². The van der Waals surface area contributed by atoms with E-state index < -0.39 is 10.0 Å². The Bertz CT molecular complexity index is 1190. The largest absolute Gasteiger partial charge is 0.483 e. The number of ether oxygens (including phenoxy) is 1. The molecule has 33 heavy (non-hydrogen) atoms. The molecule has 0 bridgehead atoms. The lowest BCUT2D eigenvalue weighted by atomic mass is 10.0. The third kappa shape index (κ3) is 6.43. The number of nitrogens with one attached hydrogen (secondary N) is 2. The zero-order chi connectivity index (χ0) is 23.8. The molecule has 0 saturated heterocycles. The number of carbonyl (C=O) groups excluding carboxylic acids is 1. The van der Waals surface area contributed by atoms with E-state index in [9.17, 15) is 13.2 Å². The van der Waals surface area contributed by atoms with Crippen LogP contribution in [0.1, 0.15) is 36.1 Å². The highest BCUT2D eigenvalue weighted by atomic mass is 32.2. The number of benzene rings is 3. The molecule has 0 aliphatic rings. The Labute approximate surface area is 196 Å². The van der Waals surface area contributed by atoms with E-state index in [0.29, 0.717) is 11.3 Å². The summed E-state index contributed by atoms with van der Waals surface area (Å²) in [5.41, 5.74) is 4.51. The molecule has 3 aromatic carbocycles. The normalized spacial score (nSPS) is 11.2. The van der Waals surface area contributed by atoms with Crippen molar-refractivity contribution in [2.45, 2.75) is 45.1 Å². The van der Waals surface area contributed by atoms with Gasteiger partial charge in [-0.2, -0.15) is 0 Å². The fraction of sp³-hybridized carbons (Fsp3) is 0.269. The molecule has 2 N–H and O–H groups in total. The van der Waals surface area contributed by atoms with Crippen LogP contribution in [-0.4, -0.2) is 20.9 Å². The number of amides is 1. The average Bonchev–Trinajstić information content (AvgIpc) is 2.82. The van der Waals surface area contributed by atoms with Gasteiger partial charge in [0, 0.05) is 12.2 Å². The maximum absolute atomic E-state index is 12.6. The summed E-state index contributed by atoms with van der Waals surface area (Å²) in [4.78, 5) is 12.7. The van der Waals surface area contributed by atoms with Crippen LogP contribution in [0.4, 0.5) is 5.69 Å². The van der Waals surface area contributed by atoms with Gasteiger partial charge in [0.15, 0.2) is 6.61 Å². The minimum Gasteiger partial charge on any atom is -0.483 e. The SMILES string of the molecule is CCc1cccc(CC)c1NC(=O)COc1ccc(S(=O)(=O)NCc2ccccc2)cc1C. The summed E-state index contributed by atoms with van der Waals surface area (Å²) in [6.45, 7) is 5.90. The topological polar surface area (TPSA) is 84.5 Å². The highest BCUT2D eigenvalue weighted by Crippen LogP contribution is 2.24. The van der Waals surface area contributed by atoms with Crippen molar-refractivity contribution in [2.75, 3.05) is 11.9 Å². The van der Waals surface area contributed by atoms with Gasteiger partial charge in [-0.15, -0.1) is 0 Å². The quantitative estimate of drug-likeness (QED) is 0.457. The first kappa shape index (κ1) is 24.5. The maximum Gasteiger partial charge on any atom is 0.262 e. The van der Waals surface area contributed by atoms with E-state index in [0.717, 1.165) is 35.2 Å². The third-order valence-corrected chi connectivity index (χ3v) is 6.79. The lowest BCUT2D eigenvalue weighted by molar-refractivity contribution is -0.118. The van der Waals surface area contributed by atoms with Crippen molar-refractivity contribution in [2.24, 2.45) is 0 Å². The van der Waals surface area contributed by atoms with Gasteiger partial charge in [0.05, 0.1) is 4.90 Å². The molecule has 1 amide bonds. The van der Waals surface area contributed by atoms with Gasteiger partial charge in [0.1, 0.15) is 5.75 Å². The molecule has 0 aliphatic carbocycles. The molecule has 0 fully saturated rings. The zero-order valence-corrected chi connectivity index (χ0v) is 20.0. The molecule has 0 heterocycles. The lowest BCUT2D eigenvalue weighted by Gasteiger charge is -2.15. The molecule has 0 atom stereocenters. The number of hydrogen-bond acceptors (Lipinski definition) is 4. The number of hydrogen-bond donors (Lipinski definition) is 2. The second-order valence-electron chi connectivity index (χ2n) is 7.73. The summed E-state index contributed by atoms with van der Waals surface area (Å²) in [5.74, 6) is 0.206. The molecule has 0 aliphatic heterocycles. The molecule has 0 aromatic heterocycles. The van der Waals surface area contributed by atoms with Crippen LogP contribution in [0.3, 0.4) is 0 Å². The molecule has 3 aromatic rings. The molecule has 7 heteroatoms. The first-order valence-electron chi connectivity index (χ1n) is 11.0. The smallest absolute Gasteiger partial charge is 0.262 e. The van der Waals surface area contributed by atoms with Crippen molar-refractivity contribution in [3.63, 3.8) is 0 Å². The van der Waals surface area contributed by atoms with Gasteiger partial charge in [0.2, 0.25) is 10.0 Å². The van der Waals surface area contributed by atoms with Gasteiger partial charge in [-0.3, -0.25) is 4.79 Å². The van der Waals surface area contributed by atoms with Gasteiger partial charge < -0.3 is 10.1 Å². The fourth-order valence-electron chi connectivity index (χ4n) is 3.53. The Morgan fingerprint density at radius 2 is 1.58 bits per heavy atom. The summed E-state index contributed by atoms with van der Waals surface area (Å²) in [6.07, 6.45) is 1.63. The molecule has 0 saturated carbocycles. The second-order valence-corrected chi connectivity index (χ2v) is 9.50. The summed E-state index contributed by atoms with van der Waals surface area (Å²) in [6, 6.07) is 19.9. The van der Waals surface area contributed by atoms with E-state index in [-0.39, 0.29) is 24.0 Å². The summed E-state index contributed by atoms with van der Waals surface area (Å²) in [5, 5.41) is 2.97. The lowest BCUT2D eigenvalue weighted by Crippen LogP contribution is -2.23. The Balaban J connectivity index is 1.63. The predicted octanol–water partition coefficient (Wildman–Crippen LogP) is 4.62. The van der Waals surface area contributed by atoms with Crippen molar-refractivity contribution in [3.8, 4) is 5.75 Å². The predicted molar refractivity (Wildman–Crippen MR) is 131 cm³/mol. The van der Waals surface area contributed by atoms with Crippen molar-refractivity contribution < 1.29 is 17.9 Å². The number of anilines is 1. The molecule has 174 valence electrons. The van der Waals surface area contributed by atoms with Crippen LogP contribution in [0.15, 0.2) is 71.6 Å². The van der Waals surface area contributed by atoms with Gasteiger partial charge in [0.25, 0.3) is 5.91 Å². The van der Waals surface area contributed by atoms with E-state index in [4.69, 9.17) is 4.74 Å². The molecule has 6 nitrogen and oxygen atoms in total. The minimum atomic E-state index is -3.67. The fourth-order valence-corrected chi connectivity index (χ4v) is 4.63. The number of aryl methyl sites for hydroxylation is 3. The number of carbonyl (C=O) groups is 1.